The van der Waals surface area contributed by atoms with Crippen LogP contribution in [0.2, 0.25) is 0 Å². The molecule has 2 saturated carbocycles. The van der Waals surface area contributed by atoms with Gasteiger partial charge in [-0.2, -0.15) is 0 Å². The second-order valence-corrected chi connectivity index (χ2v) is 7.12. The molecule has 0 unspecified atom stereocenters. The van der Waals surface area contributed by atoms with Gasteiger partial charge in [-0.3, -0.25) is 4.79 Å². The second kappa shape index (κ2) is 3.94. The summed E-state index contributed by atoms with van der Waals surface area (Å²) < 4.78 is 0. The van der Waals surface area contributed by atoms with Gasteiger partial charge in [0.1, 0.15) is 0 Å². The van der Waals surface area contributed by atoms with E-state index in [4.69, 9.17) is 0 Å². The van der Waals surface area contributed by atoms with E-state index < -0.39 is 0 Å². The minimum Gasteiger partial charge on any atom is -0.295 e. The molecular weight excluding hydrogens is 232 g/mol. The van der Waals surface area contributed by atoms with Crippen LogP contribution in [0, 0.1) is 17.3 Å². The van der Waals surface area contributed by atoms with Gasteiger partial charge in [-0.25, -0.2) is 0 Å². The molecule has 0 aromatic heterocycles. The van der Waals surface area contributed by atoms with E-state index >= 15 is 0 Å². The van der Waals surface area contributed by atoms with E-state index in [1.165, 1.54) is 49.7 Å². The second-order valence-electron chi connectivity index (χ2n) is 7.12. The monoisotopic (exact) mass is 254 g/mol. The Kier molecular flexibility index (Phi) is 2.43. The Bertz CT molecular complexity index is 534. The topological polar surface area (TPSA) is 17.1 Å². The van der Waals surface area contributed by atoms with Gasteiger partial charge in [0.2, 0.25) is 0 Å². The molecule has 0 saturated heterocycles. The summed E-state index contributed by atoms with van der Waals surface area (Å²) in [5.74, 6) is 1.85. The smallest absolute Gasteiger partial charge is 0.156 e. The van der Waals surface area contributed by atoms with Gasteiger partial charge in [-0.05, 0) is 61.2 Å². The number of rotatable bonds is 0. The summed E-state index contributed by atoms with van der Waals surface area (Å²) in [6.07, 6.45) is 15.4. The lowest BCUT2D eigenvalue weighted by Gasteiger charge is -2.45. The zero-order chi connectivity index (χ0) is 13.0. The predicted molar refractivity (Wildman–Crippen MR) is 76.7 cm³/mol. The van der Waals surface area contributed by atoms with E-state index in [-0.39, 0.29) is 5.41 Å². The van der Waals surface area contributed by atoms with Crippen LogP contribution in [-0.4, -0.2) is 5.78 Å². The van der Waals surface area contributed by atoms with Crippen molar-refractivity contribution in [1.82, 2.24) is 0 Å². The first-order valence-corrected chi connectivity index (χ1v) is 7.83. The Hall–Kier alpha value is -1.11. The maximum Gasteiger partial charge on any atom is 0.156 e. The van der Waals surface area contributed by atoms with Crippen molar-refractivity contribution < 1.29 is 4.79 Å². The standard InChI is InChI=1S/C18H22O/c1-18-9-8-15-14-5-3-2-4-12(14)6-7-16(15)17(18)10-13(19)11-18/h6-7,10,14-15H,2-5,8-9,11H2,1H3/t14-,15+,18+/m0/s1. The predicted octanol–water partition coefficient (Wildman–Crippen LogP) is 4.36. The molecule has 0 N–H and O–H groups in total. The first-order valence-electron chi connectivity index (χ1n) is 7.83. The number of allylic oxidation sites excluding steroid dienone is 6. The number of hydrogen-bond acceptors (Lipinski definition) is 1. The summed E-state index contributed by atoms with van der Waals surface area (Å²) in [7, 11) is 0. The molecule has 4 aliphatic rings. The molecule has 100 valence electrons. The largest absolute Gasteiger partial charge is 0.295 e. The van der Waals surface area contributed by atoms with Gasteiger partial charge in [0.05, 0.1) is 0 Å². The molecule has 0 aliphatic heterocycles. The van der Waals surface area contributed by atoms with E-state index in [0.29, 0.717) is 11.7 Å². The molecule has 0 aromatic rings. The minimum atomic E-state index is 0.152. The highest BCUT2D eigenvalue weighted by molar-refractivity contribution is 5.95. The summed E-state index contributed by atoms with van der Waals surface area (Å²) in [6.45, 7) is 2.29. The Balaban J connectivity index is 1.78. The maximum atomic E-state index is 11.9. The van der Waals surface area contributed by atoms with Crippen LogP contribution in [0.4, 0.5) is 0 Å². The third-order valence-electron chi connectivity index (χ3n) is 5.91. The van der Waals surface area contributed by atoms with E-state index in [1.54, 1.807) is 5.57 Å². The van der Waals surface area contributed by atoms with E-state index in [2.05, 4.69) is 19.1 Å². The molecule has 0 spiro atoms. The van der Waals surface area contributed by atoms with Crippen LogP contribution in [0.5, 0.6) is 0 Å². The normalized spacial score (nSPS) is 40.7. The molecule has 0 heterocycles. The summed E-state index contributed by atoms with van der Waals surface area (Å²) in [5.41, 5.74) is 4.73. The Morgan fingerprint density at radius 3 is 2.95 bits per heavy atom. The highest BCUT2D eigenvalue weighted by Gasteiger charge is 2.46. The number of fused-ring (bicyclic) bond motifs is 5. The lowest BCUT2D eigenvalue weighted by atomic mass is 9.59. The zero-order valence-corrected chi connectivity index (χ0v) is 11.7. The van der Waals surface area contributed by atoms with Gasteiger partial charge in [0.15, 0.2) is 5.78 Å². The van der Waals surface area contributed by atoms with Crippen molar-refractivity contribution >= 4 is 5.78 Å². The van der Waals surface area contributed by atoms with Crippen LogP contribution in [0.1, 0.15) is 51.9 Å². The van der Waals surface area contributed by atoms with Crippen LogP contribution < -0.4 is 0 Å². The summed E-state index contributed by atoms with van der Waals surface area (Å²) >= 11 is 0. The van der Waals surface area contributed by atoms with Gasteiger partial charge in [-0.15, -0.1) is 0 Å². The SMILES string of the molecule is C[C@]12CC[C@H]3C(=CC=C4CCCC[C@@H]43)C1=CC(=O)C2. The van der Waals surface area contributed by atoms with Crippen molar-refractivity contribution in [2.75, 3.05) is 0 Å². The fourth-order valence-corrected chi connectivity index (χ4v) is 4.91. The Labute approximate surface area is 115 Å². The molecular formula is C18H22O. The molecule has 3 atom stereocenters. The van der Waals surface area contributed by atoms with E-state index in [9.17, 15) is 4.79 Å². The third kappa shape index (κ3) is 1.63. The highest BCUT2D eigenvalue weighted by Crippen LogP contribution is 2.56. The maximum absolute atomic E-state index is 11.9. The van der Waals surface area contributed by atoms with Crippen LogP contribution >= 0.6 is 0 Å². The van der Waals surface area contributed by atoms with Crippen molar-refractivity contribution in [3.8, 4) is 0 Å². The molecule has 0 radical (unpaired) electrons. The minimum absolute atomic E-state index is 0.152. The average Bonchev–Trinajstić information content (AvgIpc) is 2.73. The number of hydrogen-bond donors (Lipinski definition) is 0. The van der Waals surface area contributed by atoms with E-state index in [0.717, 1.165) is 12.3 Å². The van der Waals surface area contributed by atoms with E-state index in [1.807, 2.05) is 6.08 Å². The lowest BCUT2D eigenvalue weighted by Crippen LogP contribution is -2.34. The molecule has 4 rings (SSSR count). The van der Waals surface area contributed by atoms with Crippen LogP contribution in [0.25, 0.3) is 0 Å². The Morgan fingerprint density at radius 1 is 1.16 bits per heavy atom. The van der Waals surface area contributed by atoms with Crippen molar-refractivity contribution in [3.63, 3.8) is 0 Å². The van der Waals surface area contributed by atoms with Crippen molar-refractivity contribution in [2.24, 2.45) is 17.3 Å². The summed E-state index contributed by atoms with van der Waals surface area (Å²) in [5, 5.41) is 0. The number of carbonyl (C=O) groups is 1. The van der Waals surface area contributed by atoms with Crippen molar-refractivity contribution in [3.05, 3.63) is 34.9 Å². The quantitative estimate of drug-likeness (QED) is 0.628. The molecule has 0 amide bonds. The van der Waals surface area contributed by atoms with Crippen LogP contribution in [0.15, 0.2) is 34.9 Å². The molecule has 1 heteroatoms. The van der Waals surface area contributed by atoms with Crippen LogP contribution in [-0.2, 0) is 4.79 Å². The highest BCUT2D eigenvalue weighted by atomic mass is 16.1. The Morgan fingerprint density at radius 2 is 2.05 bits per heavy atom. The average molecular weight is 254 g/mol. The summed E-state index contributed by atoms with van der Waals surface area (Å²) in [6, 6.07) is 0. The third-order valence-corrected chi connectivity index (χ3v) is 5.91. The zero-order valence-electron chi connectivity index (χ0n) is 11.7. The molecule has 1 nitrogen and oxygen atoms in total. The van der Waals surface area contributed by atoms with Gasteiger partial charge < -0.3 is 0 Å². The van der Waals surface area contributed by atoms with Crippen molar-refractivity contribution in [2.45, 2.75) is 51.9 Å². The molecule has 0 aromatic carbocycles. The van der Waals surface area contributed by atoms with Gasteiger partial charge in [-0.1, -0.05) is 31.1 Å². The van der Waals surface area contributed by atoms with Crippen molar-refractivity contribution in [1.29, 1.82) is 0 Å². The fourth-order valence-electron chi connectivity index (χ4n) is 4.91. The van der Waals surface area contributed by atoms with Gasteiger partial charge in [0, 0.05) is 11.8 Å². The van der Waals surface area contributed by atoms with Gasteiger partial charge in [0.25, 0.3) is 0 Å². The summed E-state index contributed by atoms with van der Waals surface area (Å²) in [4.78, 5) is 11.9. The first-order chi connectivity index (χ1) is 9.17. The lowest BCUT2D eigenvalue weighted by molar-refractivity contribution is -0.115. The molecule has 19 heavy (non-hydrogen) atoms. The first kappa shape index (κ1) is 11.7. The fraction of sp³-hybridized carbons (Fsp3) is 0.611. The molecule has 2 fully saturated rings. The number of carbonyl (C=O) groups excluding carboxylic acids is 1. The molecule has 4 aliphatic carbocycles. The number of ketones is 1. The molecule has 0 bridgehead atoms. The van der Waals surface area contributed by atoms with Gasteiger partial charge >= 0.3 is 0 Å². The van der Waals surface area contributed by atoms with Crippen LogP contribution in [0.3, 0.4) is 0 Å².